The molecule has 0 radical (unpaired) electrons. The number of nitrogens with zero attached hydrogens (tertiary/aromatic N) is 3. The van der Waals surface area contributed by atoms with Crippen molar-refractivity contribution in [3.05, 3.63) is 12.2 Å². The number of hydrogen-bond acceptors (Lipinski definition) is 5. The van der Waals surface area contributed by atoms with Crippen LogP contribution in [0.3, 0.4) is 0 Å². The highest BCUT2D eigenvalue weighted by Crippen LogP contribution is 1.92. The van der Waals surface area contributed by atoms with Crippen LogP contribution >= 0.6 is 0 Å². The first-order chi connectivity index (χ1) is 7.27. The quantitative estimate of drug-likeness (QED) is 0.669. The molecule has 1 rings (SSSR count). The van der Waals surface area contributed by atoms with E-state index in [1.807, 2.05) is 6.92 Å². The summed E-state index contributed by atoms with van der Waals surface area (Å²) in [7, 11) is 0. The van der Waals surface area contributed by atoms with Gasteiger partial charge in [-0.1, -0.05) is 0 Å². The van der Waals surface area contributed by atoms with Crippen molar-refractivity contribution in [3.8, 4) is 0 Å². The Labute approximate surface area is 88.6 Å². The SMILES string of the molecule is CCOC(=O)CNCc1ncnn1CC. The van der Waals surface area contributed by atoms with Gasteiger partial charge in [0.15, 0.2) is 0 Å². The molecule has 6 nitrogen and oxygen atoms in total. The minimum absolute atomic E-state index is 0.199. The minimum atomic E-state index is -0.250. The van der Waals surface area contributed by atoms with Gasteiger partial charge in [0, 0.05) is 6.54 Å². The number of esters is 1. The fraction of sp³-hybridized carbons (Fsp3) is 0.667. The second kappa shape index (κ2) is 6.13. The zero-order valence-electron chi connectivity index (χ0n) is 9.06. The molecule has 0 atom stereocenters. The Morgan fingerprint density at radius 3 is 3.07 bits per heavy atom. The van der Waals surface area contributed by atoms with Crippen molar-refractivity contribution in [3.63, 3.8) is 0 Å². The van der Waals surface area contributed by atoms with Crippen molar-refractivity contribution in [2.45, 2.75) is 26.9 Å². The van der Waals surface area contributed by atoms with Crippen molar-refractivity contribution >= 4 is 5.97 Å². The number of aryl methyl sites for hydroxylation is 1. The van der Waals surface area contributed by atoms with E-state index in [0.717, 1.165) is 12.4 Å². The highest BCUT2D eigenvalue weighted by Gasteiger charge is 2.04. The van der Waals surface area contributed by atoms with Gasteiger partial charge in [-0.15, -0.1) is 0 Å². The Bertz CT molecular complexity index is 311. The van der Waals surface area contributed by atoms with E-state index in [9.17, 15) is 4.79 Å². The van der Waals surface area contributed by atoms with Crippen molar-refractivity contribution < 1.29 is 9.53 Å². The van der Waals surface area contributed by atoms with Crippen LogP contribution in [0.5, 0.6) is 0 Å². The first-order valence-electron chi connectivity index (χ1n) is 5.01. The molecule has 1 N–H and O–H groups in total. The number of nitrogens with one attached hydrogen (secondary N) is 1. The van der Waals surface area contributed by atoms with Crippen LogP contribution in [0, 0.1) is 0 Å². The average molecular weight is 212 g/mol. The molecule has 1 aromatic heterocycles. The summed E-state index contributed by atoms with van der Waals surface area (Å²) in [5.74, 6) is 0.571. The fourth-order valence-electron chi connectivity index (χ4n) is 1.18. The molecule has 6 heteroatoms. The Kier molecular flexibility index (Phi) is 4.76. The normalized spacial score (nSPS) is 10.3. The van der Waals surface area contributed by atoms with Crippen LogP contribution in [-0.4, -0.2) is 33.9 Å². The van der Waals surface area contributed by atoms with Crippen LogP contribution in [0.25, 0.3) is 0 Å². The van der Waals surface area contributed by atoms with Crippen LogP contribution in [0.4, 0.5) is 0 Å². The zero-order valence-corrected chi connectivity index (χ0v) is 9.06. The molecule has 0 aliphatic heterocycles. The topological polar surface area (TPSA) is 69.0 Å². The molecule has 0 aliphatic rings. The van der Waals surface area contributed by atoms with Gasteiger partial charge >= 0.3 is 5.97 Å². The van der Waals surface area contributed by atoms with Crippen molar-refractivity contribution in [2.24, 2.45) is 0 Å². The van der Waals surface area contributed by atoms with E-state index in [2.05, 4.69) is 15.4 Å². The van der Waals surface area contributed by atoms with E-state index < -0.39 is 0 Å². The van der Waals surface area contributed by atoms with E-state index in [1.54, 1.807) is 11.6 Å². The minimum Gasteiger partial charge on any atom is -0.465 e. The molecule has 0 fully saturated rings. The van der Waals surface area contributed by atoms with Gasteiger partial charge in [-0.05, 0) is 13.8 Å². The molecular weight excluding hydrogens is 196 g/mol. The summed E-state index contributed by atoms with van der Waals surface area (Å²) < 4.78 is 6.55. The Morgan fingerprint density at radius 2 is 2.40 bits per heavy atom. The third-order valence-corrected chi connectivity index (χ3v) is 1.85. The number of aromatic nitrogens is 3. The first kappa shape index (κ1) is 11.6. The van der Waals surface area contributed by atoms with Crippen LogP contribution in [0.15, 0.2) is 6.33 Å². The predicted octanol–water partition coefficient (Wildman–Crippen LogP) is -0.0493. The van der Waals surface area contributed by atoms with E-state index >= 15 is 0 Å². The molecule has 0 bridgehead atoms. The smallest absolute Gasteiger partial charge is 0.319 e. The fourth-order valence-corrected chi connectivity index (χ4v) is 1.18. The Morgan fingerprint density at radius 1 is 1.60 bits per heavy atom. The number of rotatable bonds is 6. The molecule has 0 saturated heterocycles. The Hall–Kier alpha value is -1.43. The number of carbonyl (C=O) groups excluding carboxylic acids is 1. The maximum Gasteiger partial charge on any atom is 0.319 e. The molecule has 0 aromatic carbocycles. The van der Waals surface area contributed by atoms with Crippen molar-refractivity contribution in [2.75, 3.05) is 13.2 Å². The summed E-state index contributed by atoms with van der Waals surface area (Å²) >= 11 is 0. The predicted molar refractivity (Wildman–Crippen MR) is 54.0 cm³/mol. The lowest BCUT2D eigenvalue weighted by Gasteiger charge is -2.04. The lowest BCUT2D eigenvalue weighted by molar-refractivity contribution is -0.142. The van der Waals surface area contributed by atoms with E-state index in [4.69, 9.17) is 4.74 Å². The molecular formula is C9H16N4O2. The lowest BCUT2D eigenvalue weighted by atomic mass is 10.5. The van der Waals surface area contributed by atoms with Gasteiger partial charge in [0.05, 0.1) is 19.7 Å². The summed E-state index contributed by atoms with van der Waals surface area (Å²) in [5.41, 5.74) is 0. The monoisotopic (exact) mass is 212 g/mol. The van der Waals surface area contributed by atoms with Gasteiger partial charge in [-0.25, -0.2) is 9.67 Å². The lowest BCUT2D eigenvalue weighted by Crippen LogP contribution is -2.25. The van der Waals surface area contributed by atoms with Crippen LogP contribution in [0.1, 0.15) is 19.7 Å². The maximum absolute atomic E-state index is 11.0. The number of ether oxygens (including phenoxy) is 1. The van der Waals surface area contributed by atoms with Gasteiger partial charge in [-0.3, -0.25) is 10.1 Å². The highest BCUT2D eigenvalue weighted by atomic mass is 16.5. The third-order valence-electron chi connectivity index (χ3n) is 1.85. The summed E-state index contributed by atoms with van der Waals surface area (Å²) in [6.45, 7) is 5.67. The summed E-state index contributed by atoms with van der Waals surface area (Å²) in [6.07, 6.45) is 1.50. The van der Waals surface area contributed by atoms with Gasteiger partial charge in [-0.2, -0.15) is 5.10 Å². The van der Waals surface area contributed by atoms with E-state index in [1.165, 1.54) is 6.33 Å². The molecule has 0 saturated carbocycles. The van der Waals surface area contributed by atoms with Crippen molar-refractivity contribution in [1.82, 2.24) is 20.1 Å². The molecule has 1 heterocycles. The molecule has 0 spiro atoms. The Balaban J connectivity index is 2.28. The van der Waals surface area contributed by atoms with Gasteiger partial charge in [0.25, 0.3) is 0 Å². The van der Waals surface area contributed by atoms with E-state index in [-0.39, 0.29) is 12.5 Å². The largest absolute Gasteiger partial charge is 0.465 e. The van der Waals surface area contributed by atoms with Crippen LogP contribution < -0.4 is 5.32 Å². The standard InChI is InChI=1S/C9H16N4O2/c1-3-13-8(11-7-12-13)5-10-6-9(14)15-4-2/h7,10H,3-6H2,1-2H3. The molecule has 0 unspecified atom stereocenters. The first-order valence-corrected chi connectivity index (χ1v) is 5.01. The second-order valence-corrected chi connectivity index (χ2v) is 2.90. The molecule has 15 heavy (non-hydrogen) atoms. The molecule has 84 valence electrons. The number of carbonyl (C=O) groups is 1. The van der Waals surface area contributed by atoms with Gasteiger partial charge in [0.1, 0.15) is 12.2 Å². The maximum atomic E-state index is 11.0. The second-order valence-electron chi connectivity index (χ2n) is 2.90. The molecule has 0 amide bonds. The highest BCUT2D eigenvalue weighted by molar-refractivity contribution is 5.71. The molecule has 0 aliphatic carbocycles. The van der Waals surface area contributed by atoms with E-state index in [0.29, 0.717) is 13.2 Å². The average Bonchev–Trinajstić information content (AvgIpc) is 2.66. The molecule has 1 aromatic rings. The number of hydrogen-bond donors (Lipinski definition) is 1. The van der Waals surface area contributed by atoms with Crippen LogP contribution in [0.2, 0.25) is 0 Å². The van der Waals surface area contributed by atoms with Crippen LogP contribution in [-0.2, 0) is 22.6 Å². The van der Waals surface area contributed by atoms with Gasteiger partial charge in [0.2, 0.25) is 0 Å². The van der Waals surface area contributed by atoms with Gasteiger partial charge < -0.3 is 4.74 Å². The summed E-state index contributed by atoms with van der Waals surface area (Å²) in [5, 5.41) is 6.97. The summed E-state index contributed by atoms with van der Waals surface area (Å²) in [4.78, 5) is 15.1. The third kappa shape index (κ3) is 3.67. The van der Waals surface area contributed by atoms with Crippen molar-refractivity contribution in [1.29, 1.82) is 0 Å². The summed E-state index contributed by atoms with van der Waals surface area (Å²) in [6, 6.07) is 0. The zero-order chi connectivity index (χ0) is 11.1.